The van der Waals surface area contributed by atoms with E-state index in [9.17, 15) is 4.79 Å². The topological polar surface area (TPSA) is 80.1 Å². The van der Waals surface area contributed by atoms with Crippen LogP contribution in [0.3, 0.4) is 0 Å². The van der Waals surface area contributed by atoms with E-state index in [-0.39, 0.29) is 11.9 Å². The summed E-state index contributed by atoms with van der Waals surface area (Å²) in [4.78, 5) is 15.6. The van der Waals surface area contributed by atoms with E-state index in [1.54, 1.807) is 18.2 Å². The molecule has 0 radical (unpaired) electrons. The van der Waals surface area contributed by atoms with Gasteiger partial charge < -0.3 is 20.8 Å². The normalized spacial score (nSPS) is 12.1. The summed E-state index contributed by atoms with van der Waals surface area (Å²) in [5.41, 5.74) is 8.14. The highest BCUT2D eigenvalue weighted by molar-refractivity contribution is 5.94. The second-order valence-corrected chi connectivity index (χ2v) is 5.68. The summed E-state index contributed by atoms with van der Waals surface area (Å²) in [6.07, 6.45) is 1.91. The average molecular weight is 323 g/mol. The molecule has 1 amide bonds. The van der Waals surface area contributed by atoms with Gasteiger partial charge in [0.25, 0.3) is 5.91 Å². The molecule has 1 unspecified atom stereocenters. The van der Waals surface area contributed by atoms with E-state index in [0.29, 0.717) is 24.5 Å². The van der Waals surface area contributed by atoms with Crippen molar-refractivity contribution in [2.45, 2.75) is 13.0 Å². The molecule has 24 heavy (non-hydrogen) atoms. The molecule has 2 aromatic carbocycles. The zero-order valence-electron chi connectivity index (χ0n) is 13.6. The molecule has 1 atom stereocenters. The molecule has 0 spiro atoms. The van der Waals surface area contributed by atoms with E-state index in [2.05, 4.69) is 16.4 Å². The van der Waals surface area contributed by atoms with E-state index in [1.165, 1.54) is 0 Å². The fraction of sp³-hybridized carbons (Fsp3) is 0.211. The minimum atomic E-state index is -0.130. The van der Waals surface area contributed by atoms with Crippen LogP contribution in [0.1, 0.15) is 28.9 Å². The molecule has 124 valence electrons. The highest BCUT2D eigenvalue weighted by Crippen LogP contribution is 2.20. The van der Waals surface area contributed by atoms with Crippen LogP contribution in [0.4, 0.5) is 0 Å². The molecular weight excluding hydrogens is 302 g/mol. The van der Waals surface area contributed by atoms with E-state index in [0.717, 1.165) is 16.5 Å². The first-order valence-electron chi connectivity index (χ1n) is 7.98. The van der Waals surface area contributed by atoms with E-state index in [4.69, 9.17) is 10.5 Å². The molecular formula is C19H21N3O2. The van der Waals surface area contributed by atoms with Crippen molar-refractivity contribution >= 4 is 16.8 Å². The predicted octanol–water partition coefficient (Wildman–Crippen LogP) is 3.00. The highest BCUT2D eigenvalue weighted by Gasteiger charge is 2.12. The van der Waals surface area contributed by atoms with Crippen molar-refractivity contribution in [3.63, 3.8) is 0 Å². The van der Waals surface area contributed by atoms with Gasteiger partial charge in [-0.2, -0.15) is 0 Å². The first-order valence-corrected chi connectivity index (χ1v) is 7.98. The summed E-state index contributed by atoms with van der Waals surface area (Å²) in [7, 11) is 0. The number of nitrogens with two attached hydrogens (primary N) is 1. The zero-order chi connectivity index (χ0) is 16.9. The number of aromatic amines is 1. The zero-order valence-corrected chi connectivity index (χ0v) is 13.6. The number of amides is 1. The Labute approximate surface area is 140 Å². The third kappa shape index (κ3) is 3.58. The van der Waals surface area contributed by atoms with Crippen molar-refractivity contribution in [2.24, 2.45) is 5.73 Å². The number of ether oxygens (including phenoxy) is 1. The van der Waals surface area contributed by atoms with Crippen LogP contribution in [-0.2, 0) is 0 Å². The third-order valence-corrected chi connectivity index (χ3v) is 3.91. The number of carbonyl (C=O) groups is 1. The largest absolute Gasteiger partial charge is 0.492 e. The molecule has 0 saturated heterocycles. The van der Waals surface area contributed by atoms with Crippen LogP contribution < -0.4 is 15.8 Å². The summed E-state index contributed by atoms with van der Waals surface area (Å²) in [5, 5.41) is 4.15. The Bertz CT molecular complexity index is 841. The number of hydrogen-bond acceptors (Lipinski definition) is 3. The fourth-order valence-corrected chi connectivity index (χ4v) is 2.61. The Balaban J connectivity index is 1.71. The number of fused-ring (bicyclic) bond motifs is 1. The summed E-state index contributed by atoms with van der Waals surface area (Å²) in [6.45, 7) is 2.84. The van der Waals surface area contributed by atoms with Crippen molar-refractivity contribution in [1.82, 2.24) is 10.3 Å². The van der Waals surface area contributed by atoms with Gasteiger partial charge in [0.1, 0.15) is 12.4 Å². The molecule has 0 saturated carbocycles. The predicted molar refractivity (Wildman–Crippen MR) is 95.2 cm³/mol. The van der Waals surface area contributed by atoms with Crippen molar-refractivity contribution in [3.8, 4) is 5.75 Å². The molecule has 3 rings (SSSR count). The first kappa shape index (κ1) is 16.1. The number of hydrogen-bond donors (Lipinski definition) is 3. The summed E-state index contributed by atoms with van der Waals surface area (Å²) >= 11 is 0. The molecule has 1 heterocycles. The van der Waals surface area contributed by atoms with Gasteiger partial charge in [-0.1, -0.05) is 12.1 Å². The van der Waals surface area contributed by atoms with Gasteiger partial charge in [0.15, 0.2) is 0 Å². The van der Waals surface area contributed by atoms with Crippen molar-refractivity contribution in [3.05, 3.63) is 65.9 Å². The van der Waals surface area contributed by atoms with Crippen molar-refractivity contribution in [1.29, 1.82) is 0 Å². The lowest BCUT2D eigenvalue weighted by atomic mass is 10.1. The van der Waals surface area contributed by atoms with Crippen molar-refractivity contribution < 1.29 is 9.53 Å². The molecule has 5 heteroatoms. The van der Waals surface area contributed by atoms with Crippen molar-refractivity contribution in [2.75, 3.05) is 13.2 Å². The molecule has 0 aliphatic carbocycles. The summed E-state index contributed by atoms with van der Waals surface area (Å²) in [6, 6.07) is 15.2. The average Bonchev–Trinajstić information content (AvgIpc) is 3.07. The molecule has 4 N–H and O–H groups in total. The maximum absolute atomic E-state index is 12.5. The lowest BCUT2D eigenvalue weighted by Gasteiger charge is -2.15. The maximum Gasteiger partial charge on any atom is 0.251 e. The Morgan fingerprint density at radius 1 is 1.25 bits per heavy atom. The molecule has 0 fully saturated rings. The van der Waals surface area contributed by atoms with Crippen LogP contribution in [-0.4, -0.2) is 24.0 Å². The van der Waals surface area contributed by atoms with Gasteiger partial charge in [0.2, 0.25) is 0 Å². The third-order valence-electron chi connectivity index (χ3n) is 3.91. The second kappa shape index (κ2) is 7.19. The highest BCUT2D eigenvalue weighted by atomic mass is 16.5. The first-order chi connectivity index (χ1) is 11.7. The van der Waals surface area contributed by atoms with Crippen LogP contribution in [0.2, 0.25) is 0 Å². The second-order valence-electron chi connectivity index (χ2n) is 5.68. The van der Waals surface area contributed by atoms with E-state index < -0.39 is 0 Å². The minimum absolute atomic E-state index is 0.0922. The molecule has 5 nitrogen and oxygen atoms in total. The summed E-state index contributed by atoms with van der Waals surface area (Å²) in [5.74, 6) is 0.518. The van der Waals surface area contributed by atoms with Crippen LogP contribution >= 0.6 is 0 Å². The number of H-pyrrole nitrogens is 1. The van der Waals surface area contributed by atoms with Crippen LogP contribution in [0.15, 0.2) is 54.7 Å². The van der Waals surface area contributed by atoms with Gasteiger partial charge in [-0.15, -0.1) is 0 Å². The SMILES string of the molecule is CC(NC(=O)c1cccc(OCCN)c1)c1ccc2[nH]ccc2c1. The maximum atomic E-state index is 12.5. The monoisotopic (exact) mass is 323 g/mol. The molecule has 1 aromatic heterocycles. The lowest BCUT2D eigenvalue weighted by Crippen LogP contribution is -2.26. The Morgan fingerprint density at radius 3 is 2.96 bits per heavy atom. The van der Waals surface area contributed by atoms with Gasteiger partial charge in [-0.25, -0.2) is 0 Å². The van der Waals surface area contributed by atoms with E-state index >= 15 is 0 Å². The lowest BCUT2D eigenvalue weighted by molar-refractivity contribution is 0.0939. The Hall–Kier alpha value is -2.79. The van der Waals surface area contributed by atoms with Gasteiger partial charge in [0.05, 0.1) is 6.04 Å². The molecule has 0 bridgehead atoms. The van der Waals surface area contributed by atoms with Crippen LogP contribution in [0.25, 0.3) is 10.9 Å². The molecule has 0 aliphatic heterocycles. The number of nitrogens with one attached hydrogen (secondary N) is 2. The number of benzene rings is 2. The minimum Gasteiger partial charge on any atom is -0.492 e. The standard InChI is InChI=1S/C19H21N3O2/c1-13(14-5-6-18-15(11-14)7-9-21-18)22-19(23)16-3-2-4-17(12-16)24-10-8-20/h2-7,9,11-13,21H,8,10,20H2,1H3,(H,22,23). The quantitative estimate of drug-likeness (QED) is 0.652. The molecule has 0 aliphatic rings. The van der Waals surface area contributed by atoms with Gasteiger partial charge in [-0.05, 0) is 54.3 Å². The summed E-state index contributed by atoms with van der Waals surface area (Å²) < 4.78 is 5.47. The van der Waals surface area contributed by atoms with E-state index in [1.807, 2.05) is 37.4 Å². The van der Waals surface area contributed by atoms with Crippen LogP contribution in [0.5, 0.6) is 5.75 Å². The number of carbonyl (C=O) groups excluding carboxylic acids is 1. The van der Waals surface area contributed by atoms with Gasteiger partial charge in [0, 0.05) is 23.8 Å². The fourth-order valence-electron chi connectivity index (χ4n) is 2.61. The number of rotatable bonds is 6. The Kier molecular flexibility index (Phi) is 4.82. The van der Waals surface area contributed by atoms with Gasteiger partial charge in [-0.3, -0.25) is 4.79 Å². The number of aromatic nitrogens is 1. The van der Waals surface area contributed by atoms with Gasteiger partial charge >= 0.3 is 0 Å². The Morgan fingerprint density at radius 2 is 2.12 bits per heavy atom. The van der Waals surface area contributed by atoms with Crippen LogP contribution in [0, 0.1) is 0 Å². The molecule has 3 aromatic rings. The smallest absolute Gasteiger partial charge is 0.251 e.